The number of fused-ring (bicyclic) bond motifs is 1. The molecule has 21 heavy (non-hydrogen) atoms. The molecular formula is C15H16F2N2O2. The largest absolute Gasteiger partial charge is 0.481 e. The van der Waals surface area contributed by atoms with Gasteiger partial charge in [0.1, 0.15) is 0 Å². The lowest BCUT2D eigenvalue weighted by molar-refractivity contribution is -0.143. The van der Waals surface area contributed by atoms with Crippen molar-refractivity contribution in [1.29, 1.82) is 0 Å². The highest BCUT2D eigenvalue weighted by Gasteiger charge is 2.27. The number of alkyl halides is 2. The number of hydrogen-bond acceptors (Lipinski definition) is 2. The fourth-order valence-electron chi connectivity index (χ4n) is 2.96. The number of aliphatic carboxylic acids is 1. The number of carboxylic acids is 1. The molecule has 1 N–H and O–H groups in total. The SMILES string of the molecule is O=C(O)C1CCC(n2cc3ccc(C(F)F)cc3n2)CC1. The van der Waals surface area contributed by atoms with Crippen LogP contribution in [0.15, 0.2) is 24.4 Å². The summed E-state index contributed by atoms with van der Waals surface area (Å²) in [5.74, 6) is -1.00. The van der Waals surface area contributed by atoms with Gasteiger partial charge in [0.15, 0.2) is 0 Å². The first-order chi connectivity index (χ1) is 10.0. The molecule has 2 aromatic rings. The second kappa shape index (κ2) is 5.42. The van der Waals surface area contributed by atoms with Crippen LogP contribution >= 0.6 is 0 Å². The van der Waals surface area contributed by atoms with E-state index in [0.29, 0.717) is 18.4 Å². The molecule has 112 valence electrons. The first-order valence-electron chi connectivity index (χ1n) is 7.04. The van der Waals surface area contributed by atoms with Crippen molar-refractivity contribution in [3.05, 3.63) is 30.0 Å². The highest BCUT2D eigenvalue weighted by atomic mass is 19.3. The summed E-state index contributed by atoms with van der Waals surface area (Å²) < 4.78 is 27.2. The Morgan fingerprint density at radius 2 is 2.00 bits per heavy atom. The lowest BCUT2D eigenvalue weighted by Gasteiger charge is -2.26. The topological polar surface area (TPSA) is 55.1 Å². The zero-order chi connectivity index (χ0) is 15.0. The number of benzene rings is 1. The zero-order valence-electron chi connectivity index (χ0n) is 11.4. The predicted molar refractivity (Wildman–Crippen MR) is 73.3 cm³/mol. The molecule has 6 heteroatoms. The van der Waals surface area contributed by atoms with Crippen LogP contribution < -0.4 is 0 Å². The molecule has 1 aromatic carbocycles. The molecular weight excluding hydrogens is 278 g/mol. The van der Waals surface area contributed by atoms with Crippen molar-refractivity contribution in [2.75, 3.05) is 0 Å². The highest BCUT2D eigenvalue weighted by molar-refractivity contribution is 5.78. The van der Waals surface area contributed by atoms with Gasteiger partial charge in [-0.3, -0.25) is 9.48 Å². The fourth-order valence-corrected chi connectivity index (χ4v) is 2.96. The smallest absolute Gasteiger partial charge is 0.306 e. The predicted octanol–water partition coefficient (Wildman–Crippen LogP) is 3.79. The third kappa shape index (κ3) is 2.75. The lowest BCUT2D eigenvalue weighted by atomic mass is 9.86. The van der Waals surface area contributed by atoms with Gasteiger partial charge in [-0.2, -0.15) is 5.10 Å². The van der Waals surface area contributed by atoms with Crippen molar-refractivity contribution in [3.8, 4) is 0 Å². The Kier molecular flexibility index (Phi) is 3.61. The molecule has 1 saturated carbocycles. The third-order valence-corrected chi connectivity index (χ3v) is 4.22. The zero-order valence-corrected chi connectivity index (χ0v) is 11.4. The van der Waals surface area contributed by atoms with Crippen LogP contribution in [0.5, 0.6) is 0 Å². The number of carbonyl (C=O) groups is 1. The second-order valence-electron chi connectivity index (χ2n) is 5.57. The summed E-state index contributed by atoms with van der Waals surface area (Å²) >= 11 is 0. The van der Waals surface area contributed by atoms with Gasteiger partial charge in [0, 0.05) is 17.1 Å². The van der Waals surface area contributed by atoms with E-state index in [9.17, 15) is 13.6 Å². The van der Waals surface area contributed by atoms with E-state index in [1.54, 1.807) is 10.7 Å². The monoisotopic (exact) mass is 294 g/mol. The molecule has 0 unspecified atom stereocenters. The summed E-state index contributed by atoms with van der Waals surface area (Å²) in [6, 6.07) is 4.64. The minimum atomic E-state index is -2.49. The van der Waals surface area contributed by atoms with Gasteiger partial charge in [0.25, 0.3) is 6.43 Å². The maximum Gasteiger partial charge on any atom is 0.306 e. The molecule has 1 aromatic heterocycles. The Labute approximate surface area is 120 Å². The number of carboxylic acid groups (broad SMARTS) is 1. The second-order valence-corrected chi connectivity index (χ2v) is 5.57. The summed E-state index contributed by atoms with van der Waals surface area (Å²) in [4.78, 5) is 10.9. The molecule has 0 amide bonds. The fraction of sp³-hybridized carbons (Fsp3) is 0.467. The average Bonchev–Trinajstić information content (AvgIpc) is 2.90. The third-order valence-electron chi connectivity index (χ3n) is 4.22. The number of nitrogens with zero attached hydrogens (tertiary/aromatic N) is 2. The first-order valence-corrected chi connectivity index (χ1v) is 7.04. The quantitative estimate of drug-likeness (QED) is 0.937. The summed E-state index contributed by atoms with van der Waals surface area (Å²) in [6.07, 6.45) is 2.15. The molecule has 3 rings (SSSR count). The molecule has 1 fully saturated rings. The summed E-state index contributed by atoms with van der Waals surface area (Å²) in [7, 11) is 0. The van der Waals surface area contributed by atoms with Crippen LogP contribution in [0.1, 0.15) is 43.7 Å². The van der Waals surface area contributed by atoms with Gasteiger partial charge in [-0.15, -0.1) is 0 Å². The van der Waals surface area contributed by atoms with Crippen molar-refractivity contribution >= 4 is 16.9 Å². The van der Waals surface area contributed by atoms with E-state index in [-0.39, 0.29) is 17.5 Å². The number of rotatable bonds is 3. The molecule has 0 atom stereocenters. The normalized spacial score (nSPS) is 22.8. The van der Waals surface area contributed by atoms with E-state index in [0.717, 1.165) is 18.2 Å². The maximum atomic E-state index is 12.7. The van der Waals surface area contributed by atoms with Gasteiger partial charge >= 0.3 is 5.97 Å². The Morgan fingerprint density at radius 3 is 2.62 bits per heavy atom. The molecule has 1 aliphatic carbocycles. The summed E-state index contributed by atoms with van der Waals surface area (Å²) in [6.45, 7) is 0. The molecule has 0 radical (unpaired) electrons. The van der Waals surface area contributed by atoms with Crippen molar-refractivity contribution in [1.82, 2.24) is 9.78 Å². The van der Waals surface area contributed by atoms with Crippen molar-refractivity contribution in [2.45, 2.75) is 38.2 Å². The standard InChI is InChI=1S/C15H16F2N2O2/c16-14(17)10-1-2-11-8-19(18-13(11)7-10)12-5-3-9(4-6-12)15(20)21/h1-2,7-9,12,14H,3-6H2,(H,20,21). The molecule has 1 heterocycles. The van der Waals surface area contributed by atoms with E-state index in [1.165, 1.54) is 12.1 Å². The Balaban J connectivity index is 1.80. The van der Waals surface area contributed by atoms with Gasteiger partial charge in [-0.05, 0) is 31.7 Å². The molecule has 0 saturated heterocycles. The maximum absolute atomic E-state index is 12.7. The van der Waals surface area contributed by atoms with Crippen LogP contribution in [-0.2, 0) is 4.79 Å². The van der Waals surface area contributed by atoms with E-state index in [2.05, 4.69) is 5.10 Å². The Hall–Kier alpha value is -1.98. The average molecular weight is 294 g/mol. The van der Waals surface area contributed by atoms with Crippen molar-refractivity contribution in [3.63, 3.8) is 0 Å². The van der Waals surface area contributed by atoms with Gasteiger partial charge < -0.3 is 5.11 Å². The molecule has 0 spiro atoms. The van der Waals surface area contributed by atoms with Crippen LogP contribution in [0.2, 0.25) is 0 Å². The van der Waals surface area contributed by atoms with Crippen molar-refractivity contribution < 1.29 is 18.7 Å². The molecule has 4 nitrogen and oxygen atoms in total. The molecule has 0 aliphatic heterocycles. The minimum absolute atomic E-state index is 0.0256. The van der Waals surface area contributed by atoms with Crippen LogP contribution in [0, 0.1) is 5.92 Å². The number of hydrogen-bond donors (Lipinski definition) is 1. The number of aromatic nitrogens is 2. The molecule has 1 aliphatic rings. The van der Waals surface area contributed by atoms with Gasteiger partial charge in [0.05, 0.1) is 17.5 Å². The van der Waals surface area contributed by atoms with Gasteiger partial charge in [-0.1, -0.05) is 12.1 Å². The van der Waals surface area contributed by atoms with Crippen LogP contribution in [0.4, 0.5) is 8.78 Å². The van der Waals surface area contributed by atoms with Crippen LogP contribution in [-0.4, -0.2) is 20.9 Å². The summed E-state index contributed by atoms with van der Waals surface area (Å²) in [5.41, 5.74) is 0.537. The van der Waals surface area contributed by atoms with Gasteiger partial charge in [-0.25, -0.2) is 8.78 Å². The van der Waals surface area contributed by atoms with E-state index in [1.807, 2.05) is 6.20 Å². The number of halogens is 2. The minimum Gasteiger partial charge on any atom is -0.481 e. The Bertz CT molecular complexity index is 661. The highest BCUT2D eigenvalue weighted by Crippen LogP contribution is 2.33. The van der Waals surface area contributed by atoms with Gasteiger partial charge in [0.2, 0.25) is 0 Å². The van der Waals surface area contributed by atoms with E-state index in [4.69, 9.17) is 5.11 Å². The lowest BCUT2D eigenvalue weighted by Crippen LogP contribution is -2.23. The first kappa shape index (κ1) is 14.0. The molecule has 0 bridgehead atoms. The summed E-state index contributed by atoms with van der Waals surface area (Å²) in [5, 5.41) is 14.2. The van der Waals surface area contributed by atoms with E-state index >= 15 is 0 Å². The van der Waals surface area contributed by atoms with E-state index < -0.39 is 12.4 Å². The Morgan fingerprint density at radius 1 is 1.29 bits per heavy atom. The van der Waals surface area contributed by atoms with Crippen molar-refractivity contribution in [2.24, 2.45) is 5.92 Å². The van der Waals surface area contributed by atoms with Crippen LogP contribution in [0.3, 0.4) is 0 Å². The van der Waals surface area contributed by atoms with Crippen LogP contribution in [0.25, 0.3) is 10.9 Å².